The molecule has 4 fully saturated rings. The van der Waals surface area contributed by atoms with Crippen molar-refractivity contribution in [2.45, 2.75) is 273 Å². The van der Waals surface area contributed by atoms with Crippen LogP contribution >= 0.6 is 0 Å². The Bertz CT molecular complexity index is 1310. The summed E-state index contributed by atoms with van der Waals surface area (Å²) < 4.78 is 17.6. The Balaban J connectivity index is 0. The number of unbranched alkanes of at least 4 members (excludes halogenated alkanes) is 13. The van der Waals surface area contributed by atoms with Crippen molar-refractivity contribution in [3.63, 3.8) is 0 Å². The molecule has 0 aliphatic heterocycles. The fourth-order valence-electron chi connectivity index (χ4n) is 10.9. The Kier molecular flexibility index (Phi) is 26.3. The zero-order valence-electron chi connectivity index (χ0n) is 39.4. The van der Waals surface area contributed by atoms with Crippen LogP contribution < -0.4 is 0 Å². The van der Waals surface area contributed by atoms with Gasteiger partial charge in [-0.3, -0.25) is 9.59 Å². The number of esters is 3. The highest BCUT2D eigenvalue weighted by Crippen LogP contribution is 2.67. The highest BCUT2D eigenvalue weighted by Gasteiger charge is 2.64. The molecule has 0 radical (unpaired) electrons. The molecule has 6 heteroatoms. The van der Waals surface area contributed by atoms with Crippen molar-refractivity contribution in [3.8, 4) is 0 Å². The third kappa shape index (κ3) is 14.8. The predicted octanol–water partition coefficient (Wildman–Crippen LogP) is 16.9. The molecule has 7 unspecified atom stereocenters. The Morgan fingerprint density at radius 3 is 1.33 bits per heavy atom. The van der Waals surface area contributed by atoms with Crippen LogP contribution in [0.4, 0.5) is 0 Å². The van der Waals surface area contributed by atoms with Crippen LogP contribution in [-0.4, -0.2) is 36.7 Å². The molecular formula is C55H106O6. The van der Waals surface area contributed by atoms with Gasteiger partial charge >= 0.3 is 17.9 Å². The third-order valence-corrected chi connectivity index (χ3v) is 17.1. The fraction of sp³-hybridized carbons (Fsp3) is 0.909. The summed E-state index contributed by atoms with van der Waals surface area (Å²) in [5.74, 6) is 0.906. The van der Waals surface area contributed by atoms with Gasteiger partial charge in [-0.25, -0.2) is 4.79 Å². The van der Waals surface area contributed by atoms with Crippen molar-refractivity contribution >= 4 is 17.9 Å². The lowest BCUT2D eigenvalue weighted by atomic mass is 9.70. The first-order chi connectivity index (χ1) is 26.6. The summed E-state index contributed by atoms with van der Waals surface area (Å²) in [6, 6.07) is 0. The maximum atomic E-state index is 13.3. The molecule has 4 bridgehead atoms. The SMILES string of the molecule is C.C.C.C.C=C(C)C(=O)OC1CC2CCC1(C)C2(C)C.CCCCCCCCCCCCCCCCOC(=O)C(C)(CC)CCC(C)(C)C(=O)OC1CC2CCC1(C)C2(C)C. The Hall–Kier alpha value is -1.85. The molecule has 4 aliphatic rings. The van der Waals surface area contributed by atoms with Gasteiger partial charge in [0.15, 0.2) is 0 Å². The van der Waals surface area contributed by atoms with E-state index in [9.17, 15) is 14.4 Å². The summed E-state index contributed by atoms with van der Waals surface area (Å²) in [4.78, 5) is 38.0. The van der Waals surface area contributed by atoms with Gasteiger partial charge in [0.25, 0.3) is 0 Å². The normalized spacial score (nSPS) is 27.1. The van der Waals surface area contributed by atoms with Crippen molar-refractivity contribution < 1.29 is 28.6 Å². The predicted molar refractivity (Wildman–Crippen MR) is 263 cm³/mol. The molecule has 0 aromatic heterocycles. The fourth-order valence-corrected chi connectivity index (χ4v) is 10.9. The Labute approximate surface area is 381 Å². The lowest BCUT2D eigenvalue weighted by molar-refractivity contribution is -0.169. The number of rotatable bonds is 24. The van der Waals surface area contributed by atoms with E-state index in [-0.39, 0.29) is 76.1 Å². The van der Waals surface area contributed by atoms with E-state index in [4.69, 9.17) is 14.2 Å². The maximum absolute atomic E-state index is 13.3. The molecular weight excluding hydrogens is 757 g/mol. The van der Waals surface area contributed by atoms with E-state index >= 15 is 0 Å². The molecule has 0 saturated heterocycles. The van der Waals surface area contributed by atoms with E-state index in [1.54, 1.807) is 6.92 Å². The van der Waals surface area contributed by atoms with Crippen molar-refractivity contribution in [2.24, 2.45) is 44.3 Å². The van der Waals surface area contributed by atoms with Gasteiger partial charge in [-0.2, -0.15) is 0 Å². The minimum absolute atomic E-state index is 0. The molecule has 6 nitrogen and oxygen atoms in total. The van der Waals surface area contributed by atoms with E-state index in [0.717, 1.165) is 32.1 Å². The van der Waals surface area contributed by atoms with E-state index in [2.05, 4.69) is 62.0 Å². The molecule has 0 aromatic rings. The van der Waals surface area contributed by atoms with E-state index < -0.39 is 10.8 Å². The second-order valence-corrected chi connectivity index (χ2v) is 21.8. The van der Waals surface area contributed by atoms with Gasteiger partial charge in [0.05, 0.1) is 17.4 Å². The molecule has 4 rings (SSSR count). The number of ether oxygens (including phenoxy) is 3. The molecule has 61 heavy (non-hydrogen) atoms. The molecule has 0 spiro atoms. The molecule has 4 saturated carbocycles. The van der Waals surface area contributed by atoms with Gasteiger partial charge in [-0.05, 0) is 115 Å². The van der Waals surface area contributed by atoms with Gasteiger partial charge in [0.2, 0.25) is 0 Å². The highest BCUT2D eigenvalue weighted by atomic mass is 16.6. The van der Waals surface area contributed by atoms with Crippen molar-refractivity contribution in [1.82, 2.24) is 0 Å². The minimum Gasteiger partial charge on any atom is -0.465 e. The molecule has 0 aromatic carbocycles. The van der Waals surface area contributed by atoms with Crippen molar-refractivity contribution in [2.75, 3.05) is 6.61 Å². The lowest BCUT2D eigenvalue weighted by Crippen LogP contribution is -2.41. The summed E-state index contributed by atoms with van der Waals surface area (Å²) >= 11 is 0. The highest BCUT2D eigenvalue weighted by molar-refractivity contribution is 5.87. The molecule has 7 atom stereocenters. The largest absolute Gasteiger partial charge is 0.465 e. The summed E-state index contributed by atoms with van der Waals surface area (Å²) in [5.41, 5.74) is 0.0687. The second-order valence-electron chi connectivity index (χ2n) is 21.8. The van der Waals surface area contributed by atoms with Crippen LogP contribution in [0.3, 0.4) is 0 Å². The van der Waals surface area contributed by atoms with Gasteiger partial charge in [-0.15, -0.1) is 0 Å². The first-order valence-electron chi connectivity index (χ1n) is 23.9. The van der Waals surface area contributed by atoms with Gasteiger partial charge in [0, 0.05) is 16.4 Å². The van der Waals surface area contributed by atoms with E-state index in [0.29, 0.717) is 48.7 Å². The smallest absolute Gasteiger partial charge is 0.333 e. The summed E-state index contributed by atoms with van der Waals surface area (Å²) in [6.07, 6.45) is 27.4. The van der Waals surface area contributed by atoms with Crippen LogP contribution in [0.5, 0.6) is 0 Å². The minimum atomic E-state index is -0.617. The topological polar surface area (TPSA) is 78.9 Å². The molecule has 0 amide bonds. The molecule has 4 aliphatic carbocycles. The van der Waals surface area contributed by atoms with Gasteiger partial charge in [0.1, 0.15) is 12.2 Å². The monoisotopic (exact) mass is 863 g/mol. The van der Waals surface area contributed by atoms with Gasteiger partial charge < -0.3 is 14.2 Å². The number of hydrogen-bond acceptors (Lipinski definition) is 6. The summed E-state index contributed by atoms with van der Waals surface area (Å²) in [6.45, 7) is 30.1. The van der Waals surface area contributed by atoms with Gasteiger partial charge in [-0.1, -0.05) is 175 Å². The first-order valence-corrected chi connectivity index (χ1v) is 23.9. The van der Waals surface area contributed by atoms with E-state index in [1.165, 1.54) is 96.3 Å². The quantitative estimate of drug-likeness (QED) is 0.0416. The van der Waals surface area contributed by atoms with Crippen LogP contribution in [0, 0.1) is 44.3 Å². The van der Waals surface area contributed by atoms with Crippen molar-refractivity contribution in [1.29, 1.82) is 0 Å². The maximum Gasteiger partial charge on any atom is 0.333 e. The van der Waals surface area contributed by atoms with Crippen LogP contribution in [0.25, 0.3) is 0 Å². The lowest BCUT2D eigenvalue weighted by Gasteiger charge is -2.39. The van der Waals surface area contributed by atoms with Crippen LogP contribution in [-0.2, 0) is 28.6 Å². The second kappa shape index (κ2) is 26.2. The zero-order chi connectivity index (χ0) is 42.7. The zero-order valence-corrected chi connectivity index (χ0v) is 39.4. The number of carbonyl (C=O) groups is 3. The first kappa shape index (κ1) is 61.2. The van der Waals surface area contributed by atoms with Crippen LogP contribution in [0.1, 0.15) is 260 Å². The third-order valence-electron chi connectivity index (χ3n) is 17.1. The molecule has 0 N–H and O–H groups in total. The average Bonchev–Trinajstić information content (AvgIpc) is 3.68. The van der Waals surface area contributed by atoms with Crippen LogP contribution in [0.2, 0.25) is 0 Å². The number of carbonyl (C=O) groups excluding carboxylic acids is 3. The summed E-state index contributed by atoms with van der Waals surface area (Å²) in [7, 11) is 0. The Morgan fingerprint density at radius 1 is 0.590 bits per heavy atom. The summed E-state index contributed by atoms with van der Waals surface area (Å²) in [5, 5.41) is 0. The standard InChI is InChI=1S/C37H68O4.C14H22O2.4CH4/c1-9-11-12-13-14-15-16-17-18-19-20-21-22-23-28-40-33(39)36(7,10-2)27-26-34(3,4)32(38)41-31-29-30-24-25-37(31,8)35(30,5)6;1-9(2)12(15)16-11-8-10-6-7-14(11,5)13(10,3)4;;;;/h30-31H,9-29H2,1-8H3;10-11H,1,6-8H2,2-5H3;4*1H4. The average molecular weight is 863 g/mol. The van der Waals surface area contributed by atoms with Crippen molar-refractivity contribution in [3.05, 3.63) is 12.2 Å². The number of fused-ring (bicyclic) bond motifs is 4. The molecule has 0 heterocycles. The Morgan fingerprint density at radius 2 is 0.984 bits per heavy atom. The van der Waals surface area contributed by atoms with E-state index in [1.807, 2.05) is 20.8 Å². The molecule has 362 valence electrons. The van der Waals surface area contributed by atoms with Crippen LogP contribution in [0.15, 0.2) is 12.2 Å². The number of hydrogen-bond donors (Lipinski definition) is 0.